The van der Waals surface area contributed by atoms with Gasteiger partial charge in [0.25, 0.3) is 5.91 Å². The van der Waals surface area contributed by atoms with Crippen LogP contribution < -0.4 is 15.2 Å². The maximum atomic E-state index is 12.4. The highest BCUT2D eigenvalue weighted by molar-refractivity contribution is 7.89. The number of aryl methyl sites for hydroxylation is 1. The Morgan fingerprint density at radius 3 is 2.41 bits per heavy atom. The Hall–Kier alpha value is -3.16. The predicted octanol–water partition coefficient (Wildman–Crippen LogP) is 3.12. The third-order valence-corrected chi connectivity index (χ3v) is 5.31. The summed E-state index contributed by atoms with van der Waals surface area (Å²) in [6.07, 6.45) is 0. The molecule has 3 aromatic rings. The molecule has 3 rings (SSSR count). The molecule has 0 saturated carbocycles. The van der Waals surface area contributed by atoms with Crippen LogP contribution in [0.1, 0.15) is 15.9 Å². The van der Waals surface area contributed by atoms with Crippen LogP contribution in [0, 0.1) is 6.92 Å². The van der Waals surface area contributed by atoms with E-state index in [0.717, 1.165) is 16.9 Å². The third-order valence-electron chi connectivity index (χ3n) is 4.40. The second kappa shape index (κ2) is 8.89. The van der Waals surface area contributed by atoms with E-state index in [1.54, 1.807) is 13.0 Å². The molecular weight excluding hydrogens is 388 g/mol. The molecule has 0 fully saturated rings. The topological polar surface area (TPSA) is 98.5 Å². The number of ether oxygens (including phenoxy) is 1. The lowest BCUT2D eigenvalue weighted by Gasteiger charge is -2.13. The summed E-state index contributed by atoms with van der Waals surface area (Å²) < 4.78 is 28.9. The molecule has 7 heteroatoms. The summed E-state index contributed by atoms with van der Waals surface area (Å²) in [5, 5.41) is 7.89. The van der Waals surface area contributed by atoms with Crippen LogP contribution in [0.5, 0.6) is 5.75 Å². The van der Waals surface area contributed by atoms with E-state index in [0.29, 0.717) is 5.56 Å². The molecule has 1 amide bonds. The van der Waals surface area contributed by atoms with Crippen molar-refractivity contribution in [3.63, 3.8) is 0 Å². The van der Waals surface area contributed by atoms with Gasteiger partial charge in [-0.05, 0) is 36.2 Å². The first kappa shape index (κ1) is 20.6. The van der Waals surface area contributed by atoms with Crippen molar-refractivity contribution in [2.45, 2.75) is 11.8 Å². The van der Waals surface area contributed by atoms with Crippen molar-refractivity contribution in [2.24, 2.45) is 5.14 Å². The standard InChI is InChI=1S/C22H22N2O4S/c1-16-11-12-18(29(23,26)27)15-20(16)22(25)24-13-14-28-21-10-6-5-9-19(21)17-7-3-2-4-8-17/h2-12,15H,13-14H2,1H3,(H,24,25)(H2,23,26,27). The van der Waals surface area contributed by atoms with Gasteiger partial charge < -0.3 is 10.1 Å². The number of hydrogen-bond donors (Lipinski definition) is 2. The Kier molecular flexibility index (Phi) is 6.31. The highest BCUT2D eigenvalue weighted by atomic mass is 32.2. The SMILES string of the molecule is Cc1ccc(S(N)(=O)=O)cc1C(=O)NCCOc1ccccc1-c1ccccc1. The van der Waals surface area contributed by atoms with Crippen molar-refractivity contribution in [2.75, 3.05) is 13.2 Å². The highest BCUT2D eigenvalue weighted by Gasteiger charge is 2.14. The van der Waals surface area contributed by atoms with Crippen LogP contribution in [0.25, 0.3) is 11.1 Å². The van der Waals surface area contributed by atoms with Crippen LogP contribution in [0.3, 0.4) is 0 Å². The molecule has 0 bridgehead atoms. The summed E-state index contributed by atoms with van der Waals surface area (Å²) in [7, 11) is -3.87. The summed E-state index contributed by atoms with van der Waals surface area (Å²) in [5.74, 6) is 0.341. The zero-order valence-corrected chi connectivity index (χ0v) is 16.8. The predicted molar refractivity (Wildman–Crippen MR) is 112 cm³/mol. The minimum atomic E-state index is -3.87. The van der Waals surface area contributed by atoms with Crippen LogP contribution in [0.15, 0.2) is 77.7 Å². The van der Waals surface area contributed by atoms with Gasteiger partial charge in [0.2, 0.25) is 10.0 Å². The average molecular weight is 410 g/mol. The van der Waals surface area contributed by atoms with E-state index < -0.39 is 10.0 Å². The number of amides is 1. The van der Waals surface area contributed by atoms with Crippen molar-refractivity contribution < 1.29 is 17.9 Å². The molecule has 0 aliphatic heterocycles. The van der Waals surface area contributed by atoms with Gasteiger partial charge >= 0.3 is 0 Å². The number of benzene rings is 3. The number of para-hydroxylation sites is 1. The number of nitrogens with one attached hydrogen (secondary N) is 1. The van der Waals surface area contributed by atoms with E-state index in [2.05, 4.69) is 5.32 Å². The molecule has 0 unspecified atom stereocenters. The Labute approximate surface area is 170 Å². The number of primary sulfonamides is 1. The lowest BCUT2D eigenvalue weighted by Crippen LogP contribution is -2.29. The van der Waals surface area contributed by atoms with Crippen LogP contribution in [-0.4, -0.2) is 27.5 Å². The van der Waals surface area contributed by atoms with E-state index in [4.69, 9.17) is 9.88 Å². The van der Waals surface area contributed by atoms with Crippen molar-refractivity contribution >= 4 is 15.9 Å². The fourth-order valence-electron chi connectivity index (χ4n) is 2.89. The van der Waals surface area contributed by atoms with Crippen molar-refractivity contribution in [1.82, 2.24) is 5.32 Å². The summed E-state index contributed by atoms with van der Waals surface area (Å²) in [6.45, 7) is 2.26. The molecular formula is C22H22N2O4S. The zero-order valence-electron chi connectivity index (χ0n) is 16.0. The zero-order chi connectivity index (χ0) is 20.9. The highest BCUT2D eigenvalue weighted by Crippen LogP contribution is 2.29. The van der Waals surface area contributed by atoms with Gasteiger partial charge in [-0.2, -0.15) is 0 Å². The molecule has 0 heterocycles. The van der Waals surface area contributed by atoms with Crippen LogP contribution in [0.4, 0.5) is 0 Å². The fourth-order valence-corrected chi connectivity index (χ4v) is 3.43. The Morgan fingerprint density at radius 2 is 1.69 bits per heavy atom. The van der Waals surface area contributed by atoms with Gasteiger partial charge in [0, 0.05) is 11.1 Å². The molecule has 150 valence electrons. The first-order chi connectivity index (χ1) is 13.9. The summed E-state index contributed by atoms with van der Waals surface area (Å²) >= 11 is 0. The number of rotatable bonds is 7. The van der Waals surface area contributed by atoms with Gasteiger partial charge in [0.05, 0.1) is 11.4 Å². The van der Waals surface area contributed by atoms with E-state index in [9.17, 15) is 13.2 Å². The van der Waals surface area contributed by atoms with E-state index in [1.807, 2.05) is 54.6 Å². The molecule has 6 nitrogen and oxygen atoms in total. The van der Waals surface area contributed by atoms with Crippen LogP contribution in [0.2, 0.25) is 0 Å². The molecule has 0 aliphatic carbocycles. The fraction of sp³-hybridized carbons (Fsp3) is 0.136. The normalized spacial score (nSPS) is 11.1. The third kappa shape index (κ3) is 5.22. The van der Waals surface area contributed by atoms with Gasteiger partial charge in [-0.3, -0.25) is 4.79 Å². The quantitative estimate of drug-likeness (QED) is 0.585. The minimum Gasteiger partial charge on any atom is -0.491 e. The summed E-state index contributed by atoms with van der Waals surface area (Å²) in [4.78, 5) is 12.3. The number of sulfonamides is 1. The summed E-state index contributed by atoms with van der Waals surface area (Å²) in [6, 6.07) is 21.8. The molecule has 29 heavy (non-hydrogen) atoms. The van der Waals surface area contributed by atoms with Crippen LogP contribution in [-0.2, 0) is 10.0 Å². The molecule has 3 aromatic carbocycles. The Bertz CT molecular complexity index is 1110. The van der Waals surface area contributed by atoms with Crippen molar-refractivity contribution in [3.8, 4) is 16.9 Å². The first-order valence-electron chi connectivity index (χ1n) is 9.05. The number of carbonyl (C=O) groups excluding carboxylic acids is 1. The Balaban J connectivity index is 1.63. The van der Waals surface area contributed by atoms with Crippen LogP contribution >= 0.6 is 0 Å². The maximum absolute atomic E-state index is 12.4. The van der Waals surface area contributed by atoms with E-state index in [1.165, 1.54) is 12.1 Å². The van der Waals surface area contributed by atoms with Gasteiger partial charge in [-0.25, -0.2) is 13.6 Å². The van der Waals surface area contributed by atoms with Crippen molar-refractivity contribution in [1.29, 1.82) is 0 Å². The van der Waals surface area contributed by atoms with Gasteiger partial charge in [0.15, 0.2) is 0 Å². The molecule has 0 aromatic heterocycles. The number of hydrogen-bond acceptors (Lipinski definition) is 4. The minimum absolute atomic E-state index is 0.0960. The molecule has 0 saturated heterocycles. The first-order valence-corrected chi connectivity index (χ1v) is 10.6. The molecule has 0 aliphatic rings. The number of carbonyl (C=O) groups is 1. The molecule has 0 spiro atoms. The van der Waals surface area contributed by atoms with Gasteiger partial charge in [-0.15, -0.1) is 0 Å². The maximum Gasteiger partial charge on any atom is 0.251 e. The lowest BCUT2D eigenvalue weighted by atomic mass is 10.1. The van der Waals surface area contributed by atoms with Crippen molar-refractivity contribution in [3.05, 3.63) is 83.9 Å². The van der Waals surface area contributed by atoms with Gasteiger partial charge in [-0.1, -0.05) is 54.6 Å². The monoisotopic (exact) mass is 410 g/mol. The molecule has 0 radical (unpaired) electrons. The average Bonchev–Trinajstić information content (AvgIpc) is 2.71. The second-order valence-corrected chi connectivity index (χ2v) is 8.05. The largest absolute Gasteiger partial charge is 0.491 e. The summed E-state index contributed by atoms with van der Waals surface area (Å²) in [5.41, 5.74) is 2.94. The second-order valence-electron chi connectivity index (χ2n) is 6.49. The Morgan fingerprint density at radius 1 is 1.00 bits per heavy atom. The van der Waals surface area contributed by atoms with E-state index >= 15 is 0 Å². The van der Waals surface area contributed by atoms with E-state index in [-0.39, 0.29) is 29.5 Å². The molecule has 3 N–H and O–H groups in total. The number of nitrogens with two attached hydrogens (primary N) is 1. The lowest BCUT2D eigenvalue weighted by molar-refractivity contribution is 0.0946. The smallest absolute Gasteiger partial charge is 0.251 e. The molecule has 0 atom stereocenters. The van der Waals surface area contributed by atoms with Gasteiger partial charge in [0.1, 0.15) is 12.4 Å².